The summed E-state index contributed by atoms with van der Waals surface area (Å²) >= 11 is -3.11. The minimum Gasteiger partial charge on any atom is 0 e. The zero-order valence-electron chi connectivity index (χ0n) is 2.72. The summed E-state index contributed by atoms with van der Waals surface area (Å²) in [6.45, 7) is 0. The van der Waals surface area contributed by atoms with Gasteiger partial charge in [-0.2, -0.15) is 0 Å². The Hall–Kier alpha value is 3.15. The van der Waals surface area contributed by atoms with Gasteiger partial charge in [-0.25, -0.2) is 0 Å². The molecule has 0 fully saturated rings. The van der Waals surface area contributed by atoms with E-state index in [1.54, 1.807) is 0 Å². The van der Waals surface area contributed by atoms with Gasteiger partial charge in [-0.3, -0.25) is 0 Å². The van der Waals surface area contributed by atoms with E-state index < -0.39 is 12.3 Å². The van der Waals surface area contributed by atoms with Crippen LogP contribution >= 0.6 is 37.2 Å². The first-order valence-corrected chi connectivity index (χ1v) is 9.35. The van der Waals surface area contributed by atoms with Gasteiger partial charge in [0, 0.05) is 39.7 Å². The molecule has 0 rings (SSSR count). The summed E-state index contributed by atoms with van der Waals surface area (Å²) in [4.78, 5) is 0. The molecule has 1 radical (unpaired) electrons. The third kappa shape index (κ3) is 47.2. The number of rotatable bonds is 0. The maximum atomic E-state index is 5.01. The molecule has 0 atom stereocenters. The van der Waals surface area contributed by atoms with Gasteiger partial charge < -0.3 is 0 Å². The molecule has 0 aliphatic heterocycles. The van der Waals surface area contributed by atoms with Gasteiger partial charge >= 0.3 is 49.6 Å². The van der Waals surface area contributed by atoms with E-state index in [-0.39, 0.29) is 39.7 Å². The predicted molar refractivity (Wildman–Crippen MR) is 23.4 cm³/mol. The Morgan fingerprint density at radius 3 is 0.857 bits per heavy atom. The second-order valence-electron chi connectivity index (χ2n) is 0.429. The minimum atomic E-state index is -3.11. The molecule has 0 aromatic carbocycles. The van der Waals surface area contributed by atoms with Crippen molar-refractivity contribution in [2.45, 2.75) is 0 Å². The number of hydrogen-bond acceptors (Lipinski definition) is 0. The summed E-state index contributed by atoms with van der Waals surface area (Å²) in [6, 6.07) is 0. The van der Waals surface area contributed by atoms with Crippen molar-refractivity contribution < 1.29 is 52.1 Å². The van der Waals surface area contributed by atoms with Crippen LogP contribution in [0.2, 0.25) is 0 Å². The molecule has 49 valence electrons. The largest absolute Gasteiger partial charge is 0 e. The fraction of sp³-hybridized carbons (Fsp3) is 0. The van der Waals surface area contributed by atoms with E-state index >= 15 is 0 Å². The van der Waals surface area contributed by atoms with Crippen LogP contribution < -0.4 is 0 Å². The maximum absolute atomic E-state index is 5.01. The molecule has 0 spiro atoms. The van der Waals surface area contributed by atoms with Crippen molar-refractivity contribution in [2.24, 2.45) is 0 Å². The number of halogens is 4. The first-order chi connectivity index (χ1) is 2.00. The Morgan fingerprint density at radius 1 is 0.857 bits per heavy atom. The molecule has 0 aromatic rings. The van der Waals surface area contributed by atoms with Crippen molar-refractivity contribution in [2.75, 3.05) is 0 Å². The molecule has 0 nitrogen and oxygen atoms in total. The molecular weight excluding hydrogens is 439 g/mol. The van der Waals surface area contributed by atoms with Gasteiger partial charge in [0.05, 0.1) is 0 Å². The quantitative estimate of drug-likeness (QED) is 0.510. The molecule has 0 aliphatic rings. The van der Waals surface area contributed by atoms with Gasteiger partial charge in [-0.05, 0) is 0 Å². The van der Waals surface area contributed by atoms with Crippen LogP contribution in [0.15, 0.2) is 0 Å². The van der Waals surface area contributed by atoms with E-state index in [1.807, 2.05) is 0 Å². The Balaban J connectivity index is -0.0000000800. The first-order valence-electron chi connectivity index (χ1n) is 0.756. The second-order valence-corrected chi connectivity index (χ2v) is 15.9. The zero-order valence-corrected chi connectivity index (χ0v) is 10.7. The standard InChI is InChI=1S/Au.4ClH.Cr.Ti/h;4*1H;;/q;;;;;;+4/p-4. The SMILES string of the molecule is [Au].[Cl][Ti]([Cl])([Cl])[Cl].[Cr]. The summed E-state index contributed by atoms with van der Waals surface area (Å²) in [5.74, 6) is 0. The molecule has 7 heavy (non-hydrogen) atoms. The summed E-state index contributed by atoms with van der Waals surface area (Å²) in [6.07, 6.45) is 0. The van der Waals surface area contributed by atoms with Gasteiger partial charge in [0.15, 0.2) is 0 Å². The van der Waals surface area contributed by atoms with E-state index in [9.17, 15) is 0 Å². The molecule has 0 saturated carbocycles. The maximum Gasteiger partial charge on any atom is 0 e. The summed E-state index contributed by atoms with van der Waals surface area (Å²) in [5.41, 5.74) is 0. The molecule has 0 aromatic heterocycles. The van der Waals surface area contributed by atoms with Crippen LogP contribution in [-0.2, 0) is 52.1 Å². The van der Waals surface area contributed by atoms with Crippen molar-refractivity contribution in [3.05, 3.63) is 0 Å². The van der Waals surface area contributed by atoms with Gasteiger partial charge in [0.1, 0.15) is 0 Å². The predicted octanol–water partition coefficient (Wildman–Crippen LogP) is 2.75. The fourth-order valence-corrected chi connectivity index (χ4v) is 0. The average molecular weight is 439 g/mol. The van der Waals surface area contributed by atoms with E-state index in [2.05, 4.69) is 0 Å². The van der Waals surface area contributed by atoms with E-state index in [0.717, 1.165) is 0 Å². The zero-order chi connectivity index (χ0) is 4.50. The Morgan fingerprint density at radius 2 is 0.857 bits per heavy atom. The molecule has 0 aliphatic carbocycles. The summed E-state index contributed by atoms with van der Waals surface area (Å²) in [5, 5.41) is 0. The van der Waals surface area contributed by atoms with E-state index in [0.29, 0.717) is 0 Å². The van der Waals surface area contributed by atoms with Crippen LogP contribution in [0.1, 0.15) is 0 Å². The Bertz CT molecular complexity index is 27.2. The van der Waals surface area contributed by atoms with Crippen molar-refractivity contribution in [3.63, 3.8) is 0 Å². The van der Waals surface area contributed by atoms with Crippen LogP contribution in [0, 0.1) is 0 Å². The third-order valence-electron chi connectivity index (χ3n) is 0. The normalized spacial score (nSPS) is 8.57. The molecule has 0 unspecified atom stereocenters. The van der Waals surface area contributed by atoms with Crippen LogP contribution in [0.4, 0.5) is 0 Å². The van der Waals surface area contributed by atoms with Crippen LogP contribution in [0.3, 0.4) is 0 Å². The second kappa shape index (κ2) is 7.26. The van der Waals surface area contributed by atoms with Gasteiger partial charge in [-0.15, -0.1) is 0 Å². The van der Waals surface area contributed by atoms with Crippen LogP contribution in [-0.4, -0.2) is 0 Å². The molecule has 0 N–H and O–H groups in total. The van der Waals surface area contributed by atoms with Gasteiger partial charge in [-0.1, -0.05) is 0 Å². The van der Waals surface area contributed by atoms with Gasteiger partial charge in [0.25, 0.3) is 0 Å². The number of hydrogen-bond donors (Lipinski definition) is 0. The topological polar surface area (TPSA) is 0 Å². The van der Waals surface area contributed by atoms with Gasteiger partial charge in [0.2, 0.25) is 0 Å². The molecule has 7 heteroatoms. The Labute approximate surface area is 87.7 Å². The summed E-state index contributed by atoms with van der Waals surface area (Å²) in [7, 11) is 20.1. The van der Waals surface area contributed by atoms with Crippen LogP contribution in [0.5, 0.6) is 0 Å². The van der Waals surface area contributed by atoms with Crippen LogP contribution in [0.25, 0.3) is 0 Å². The molecule has 0 amide bonds. The van der Waals surface area contributed by atoms with Crippen molar-refractivity contribution in [1.29, 1.82) is 0 Å². The Kier molecular flexibility index (Phi) is 17.2. The van der Waals surface area contributed by atoms with Crippen molar-refractivity contribution >= 4 is 37.2 Å². The van der Waals surface area contributed by atoms with Crippen molar-refractivity contribution in [1.82, 2.24) is 0 Å². The first kappa shape index (κ1) is 16.6. The monoisotopic (exact) mass is 437 g/mol. The van der Waals surface area contributed by atoms with Crippen molar-refractivity contribution in [3.8, 4) is 0 Å². The fourth-order valence-electron chi connectivity index (χ4n) is 0. The minimum absolute atomic E-state index is 0. The molecule has 0 saturated heterocycles. The molecule has 0 heterocycles. The molecule has 0 bridgehead atoms. The smallest absolute Gasteiger partial charge is 0 e. The third-order valence-corrected chi connectivity index (χ3v) is 0. The van der Waals surface area contributed by atoms with E-state index in [1.165, 1.54) is 0 Å². The average Bonchev–Trinajstić information content (AvgIpc) is 0.722. The summed E-state index contributed by atoms with van der Waals surface area (Å²) < 4.78 is 0. The molecular formula is AuCl4CrTi. The van der Waals surface area contributed by atoms with E-state index in [4.69, 9.17) is 37.2 Å².